The van der Waals surface area contributed by atoms with Crippen LogP contribution in [-0.2, 0) is 9.53 Å². The molecule has 3 nitrogen and oxygen atoms in total. The highest BCUT2D eigenvalue weighted by atomic mass is 16.5. The molecule has 1 aromatic carbocycles. The van der Waals surface area contributed by atoms with Crippen molar-refractivity contribution in [2.45, 2.75) is 64.9 Å². The Bertz CT molecular complexity index is 450. The van der Waals surface area contributed by atoms with Crippen molar-refractivity contribution in [3.8, 4) is 0 Å². The lowest BCUT2D eigenvalue weighted by atomic mass is 9.80. The van der Waals surface area contributed by atoms with E-state index in [9.17, 15) is 9.90 Å². The van der Waals surface area contributed by atoms with Gasteiger partial charge >= 0.3 is 5.97 Å². The van der Waals surface area contributed by atoms with Gasteiger partial charge in [0.15, 0.2) is 5.60 Å². The van der Waals surface area contributed by atoms with Crippen LogP contribution in [-0.4, -0.2) is 23.3 Å². The van der Waals surface area contributed by atoms with Crippen LogP contribution in [0.4, 0.5) is 0 Å². The zero-order valence-corrected chi connectivity index (χ0v) is 13.8. The van der Waals surface area contributed by atoms with Gasteiger partial charge < -0.3 is 9.84 Å². The second-order valence-corrected chi connectivity index (χ2v) is 5.94. The molecular weight excluding hydrogens is 264 g/mol. The number of esters is 1. The number of rotatable bonds is 7. The van der Waals surface area contributed by atoms with Crippen LogP contribution in [0, 0.1) is 0 Å². The molecule has 2 atom stereocenters. The molecule has 1 N–H and O–H groups in total. The molecule has 0 saturated carbocycles. The van der Waals surface area contributed by atoms with Gasteiger partial charge in [0.2, 0.25) is 0 Å². The minimum atomic E-state index is -1.45. The summed E-state index contributed by atoms with van der Waals surface area (Å²) < 4.78 is 5.08. The highest BCUT2D eigenvalue weighted by Gasteiger charge is 2.42. The van der Waals surface area contributed by atoms with Crippen molar-refractivity contribution in [3.63, 3.8) is 0 Å². The minimum absolute atomic E-state index is 0.282. The molecule has 0 aliphatic carbocycles. The molecule has 1 rings (SSSR count). The van der Waals surface area contributed by atoms with E-state index in [4.69, 9.17) is 4.74 Å². The number of carbonyl (C=O) groups excluding carboxylic acids is 1. The molecular formula is C18H28O3. The van der Waals surface area contributed by atoms with Crippen molar-refractivity contribution in [1.82, 2.24) is 0 Å². The van der Waals surface area contributed by atoms with Crippen molar-refractivity contribution < 1.29 is 14.6 Å². The Morgan fingerprint density at radius 1 is 1.14 bits per heavy atom. The lowest BCUT2D eigenvalue weighted by Crippen LogP contribution is -2.44. The normalized spacial score (nSPS) is 15.6. The standard InChI is InChI=1S/C18H28O3/c1-6-12-18(20,17(19)21-7-2)14(5)16-10-8-15(9-11-16)13(3)4/h8-11,13-14,20H,6-7,12H2,1-5H3. The summed E-state index contributed by atoms with van der Waals surface area (Å²) in [6, 6.07) is 8.13. The summed E-state index contributed by atoms with van der Waals surface area (Å²) in [6.45, 7) is 10.2. The first kappa shape index (κ1) is 17.7. The average Bonchev–Trinajstić information content (AvgIpc) is 2.47. The van der Waals surface area contributed by atoms with Crippen molar-refractivity contribution in [1.29, 1.82) is 0 Å². The maximum atomic E-state index is 12.2. The van der Waals surface area contributed by atoms with Crippen LogP contribution >= 0.6 is 0 Å². The van der Waals surface area contributed by atoms with E-state index in [2.05, 4.69) is 26.0 Å². The van der Waals surface area contributed by atoms with E-state index < -0.39 is 11.6 Å². The molecule has 0 amide bonds. The number of carbonyl (C=O) groups is 1. The zero-order valence-electron chi connectivity index (χ0n) is 13.8. The Kier molecular flexibility index (Phi) is 6.41. The fourth-order valence-electron chi connectivity index (χ4n) is 2.58. The number of hydrogen-bond donors (Lipinski definition) is 1. The molecule has 0 saturated heterocycles. The third kappa shape index (κ3) is 4.07. The van der Waals surface area contributed by atoms with Gasteiger partial charge in [0.25, 0.3) is 0 Å². The number of hydrogen-bond acceptors (Lipinski definition) is 3. The Hall–Kier alpha value is -1.35. The van der Waals surface area contributed by atoms with E-state index in [0.717, 1.165) is 12.0 Å². The van der Waals surface area contributed by atoms with Gasteiger partial charge in [-0.25, -0.2) is 4.79 Å². The van der Waals surface area contributed by atoms with E-state index in [1.165, 1.54) is 5.56 Å². The van der Waals surface area contributed by atoms with Crippen LogP contribution < -0.4 is 0 Å². The molecule has 1 aromatic rings. The molecule has 0 heterocycles. The second-order valence-electron chi connectivity index (χ2n) is 5.94. The summed E-state index contributed by atoms with van der Waals surface area (Å²) in [5.41, 5.74) is 0.758. The van der Waals surface area contributed by atoms with Crippen molar-refractivity contribution in [2.75, 3.05) is 6.61 Å². The van der Waals surface area contributed by atoms with Gasteiger partial charge in [0.05, 0.1) is 6.61 Å². The molecule has 3 heteroatoms. The van der Waals surface area contributed by atoms with Crippen LogP contribution in [0.5, 0.6) is 0 Å². The van der Waals surface area contributed by atoms with E-state index in [1.54, 1.807) is 6.92 Å². The van der Waals surface area contributed by atoms with Crippen LogP contribution in [0.25, 0.3) is 0 Å². The van der Waals surface area contributed by atoms with E-state index in [1.807, 2.05) is 26.0 Å². The van der Waals surface area contributed by atoms with Crippen LogP contribution in [0.3, 0.4) is 0 Å². The second kappa shape index (κ2) is 7.60. The maximum Gasteiger partial charge on any atom is 0.338 e. The number of benzene rings is 1. The van der Waals surface area contributed by atoms with Gasteiger partial charge in [-0.3, -0.25) is 0 Å². The van der Waals surface area contributed by atoms with Gasteiger partial charge in [-0.15, -0.1) is 0 Å². The SMILES string of the molecule is CCCC(O)(C(=O)OCC)C(C)c1ccc(C(C)C)cc1. The van der Waals surface area contributed by atoms with Crippen molar-refractivity contribution in [2.24, 2.45) is 0 Å². The van der Waals surface area contributed by atoms with E-state index in [0.29, 0.717) is 12.3 Å². The number of aliphatic hydroxyl groups is 1. The average molecular weight is 292 g/mol. The van der Waals surface area contributed by atoms with Crippen molar-refractivity contribution >= 4 is 5.97 Å². The van der Waals surface area contributed by atoms with Gasteiger partial charge in [-0.2, -0.15) is 0 Å². The molecule has 0 radical (unpaired) electrons. The van der Waals surface area contributed by atoms with E-state index >= 15 is 0 Å². The molecule has 0 spiro atoms. The first-order valence-electron chi connectivity index (χ1n) is 7.86. The highest BCUT2D eigenvalue weighted by Crippen LogP contribution is 2.33. The lowest BCUT2D eigenvalue weighted by Gasteiger charge is -2.32. The monoisotopic (exact) mass is 292 g/mol. The third-order valence-corrected chi connectivity index (χ3v) is 4.08. The summed E-state index contributed by atoms with van der Waals surface area (Å²) in [4.78, 5) is 12.2. The van der Waals surface area contributed by atoms with Gasteiger partial charge in [-0.1, -0.05) is 58.4 Å². The Balaban J connectivity index is 3.04. The quantitative estimate of drug-likeness (QED) is 0.772. The smallest absolute Gasteiger partial charge is 0.338 e. The Labute approximate surface area is 128 Å². The topological polar surface area (TPSA) is 46.5 Å². The lowest BCUT2D eigenvalue weighted by molar-refractivity contribution is -0.168. The predicted octanol–water partition coefficient (Wildman–Crippen LogP) is 4.01. The molecule has 0 aliphatic heterocycles. The fourth-order valence-corrected chi connectivity index (χ4v) is 2.58. The molecule has 0 fully saturated rings. The first-order valence-corrected chi connectivity index (χ1v) is 7.86. The summed E-state index contributed by atoms with van der Waals surface area (Å²) >= 11 is 0. The molecule has 0 bridgehead atoms. The van der Waals surface area contributed by atoms with Crippen LogP contribution in [0.15, 0.2) is 24.3 Å². The highest BCUT2D eigenvalue weighted by molar-refractivity contribution is 5.80. The van der Waals surface area contributed by atoms with E-state index in [-0.39, 0.29) is 12.5 Å². The summed E-state index contributed by atoms with van der Waals surface area (Å²) in [5.74, 6) is -0.348. The maximum absolute atomic E-state index is 12.2. The third-order valence-electron chi connectivity index (χ3n) is 4.08. The zero-order chi connectivity index (χ0) is 16.0. The Morgan fingerprint density at radius 2 is 1.67 bits per heavy atom. The molecule has 0 aliphatic rings. The number of ether oxygens (including phenoxy) is 1. The molecule has 118 valence electrons. The summed E-state index contributed by atoms with van der Waals surface area (Å²) in [7, 11) is 0. The molecule has 21 heavy (non-hydrogen) atoms. The van der Waals surface area contributed by atoms with Gasteiger partial charge in [0, 0.05) is 5.92 Å². The summed E-state index contributed by atoms with van der Waals surface area (Å²) in [5, 5.41) is 10.8. The van der Waals surface area contributed by atoms with Crippen LogP contribution in [0.2, 0.25) is 0 Å². The van der Waals surface area contributed by atoms with Crippen molar-refractivity contribution in [3.05, 3.63) is 35.4 Å². The molecule has 0 aromatic heterocycles. The summed E-state index contributed by atoms with van der Waals surface area (Å²) in [6.07, 6.45) is 1.13. The van der Waals surface area contributed by atoms with Gasteiger partial charge in [-0.05, 0) is 30.4 Å². The molecule has 2 unspecified atom stereocenters. The first-order chi connectivity index (χ1) is 9.86. The fraction of sp³-hybridized carbons (Fsp3) is 0.611. The van der Waals surface area contributed by atoms with Crippen LogP contribution in [0.1, 0.15) is 70.4 Å². The van der Waals surface area contributed by atoms with Gasteiger partial charge in [0.1, 0.15) is 0 Å². The predicted molar refractivity (Wildman–Crippen MR) is 85.4 cm³/mol. The minimum Gasteiger partial charge on any atom is -0.464 e. The largest absolute Gasteiger partial charge is 0.464 e. The Morgan fingerprint density at radius 3 is 2.10 bits per heavy atom.